The number of aromatic amines is 1. The van der Waals surface area contributed by atoms with Crippen LogP contribution in [0.5, 0.6) is 5.75 Å². The van der Waals surface area contributed by atoms with E-state index in [1.165, 1.54) is 5.56 Å². The first-order valence-corrected chi connectivity index (χ1v) is 8.65. The topological polar surface area (TPSA) is 66.2 Å². The summed E-state index contributed by atoms with van der Waals surface area (Å²) in [5, 5.41) is 6.67. The summed E-state index contributed by atoms with van der Waals surface area (Å²) in [6.45, 7) is 5.15. The van der Waals surface area contributed by atoms with Gasteiger partial charge in [0.1, 0.15) is 12.4 Å². The summed E-state index contributed by atoms with van der Waals surface area (Å²) in [6.07, 6.45) is 4.39. The van der Waals surface area contributed by atoms with Gasteiger partial charge in [-0.3, -0.25) is 0 Å². The molecule has 0 saturated carbocycles. The fraction of sp³-hybridized carbons (Fsp3) is 0.190. The van der Waals surface area contributed by atoms with Crippen LogP contribution in [0.3, 0.4) is 0 Å². The molecule has 0 spiro atoms. The highest BCUT2D eigenvalue weighted by Gasteiger charge is 2.06. The van der Waals surface area contributed by atoms with E-state index < -0.39 is 0 Å². The Hall–Kier alpha value is -3.21. The van der Waals surface area contributed by atoms with Gasteiger partial charge in [-0.25, -0.2) is 4.79 Å². The maximum Gasteiger partial charge on any atom is 0.315 e. The molecule has 26 heavy (non-hydrogen) atoms. The Morgan fingerprint density at radius 3 is 2.81 bits per heavy atom. The maximum atomic E-state index is 11.5. The lowest BCUT2D eigenvalue weighted by molar-refractivity contribution is 0.242. The summed E-state index contributed by atoms with van der Waals surface area (Å²) >= 11 is 0. The first kappa shape index (κ1) is 17.6. The second-order valence-corrected chi connectivity index (χ2v) is 5.97. The zero-order chi connectivity index (χ0) is 18.2. The number of hydrogen-bond acceptors (Lipinski definition) is 2. The number of H-pyrrole nitrogens is 1. The average molecular weight is 349 g/mol. The zero-order valence-corrected chi connectivity index (χ0v) is 14.6. The minimum absolute atomic E-state index is 0.179. The van der Waals surface area contributed by atoms with Crippen molar-refractivity contribution in [2.75, 3.05) is 13.1 Å². The molecule has 0 aliphatic carbocycles. The zero-order valence-electron chi connectivity index (χ0n) is 14.6. The van der Waals surface area contributed by atoms with Gasteiger partial charge in [0, 0.05) is 36.3 Å². The van der Waals surface area contributed by atoms with Crippen molar-refractivity contribution < 1.29 is 9.53 Å². The Kier molecular flexibility index (Phi) is 5.93. The molecule has 1 aromatic heterocycles. The predicted molar refractivity (Wildman–Crippen MR) is 104 cm³/mol. The molecule has 1 heterocycles. The highest BCUT2D eigenvalue weighted by molar-refractivity contribution is 5.84. The maximum absolute atomic E-state index is 11.5. The number of nitrogens with one attached hydrogen (secondary N) is 3. The van der Waals surface area contributed by atoms with E-state index in [1.807, 2.05) is 48.7 Å². The fourth-order valence-electron chi connectivity index (χ4n) is 2.74. The standard InChI is InChI=1S/C21H23N3O2/c1-2-11-22-21(25)23-12-10-17-14-24-20-13-18(8-9-19(17)20)26-15-16-6-4-3-5-7-16/h2-9,13-14,24H,1,10-12,15H2,(H2,22,23,25). The lowest BCUT2D eigenvalue weighted by Gasteiger charge is -2.07. The third-order valence-electron chi connectivity index (χ3n) is 4.07. The second kappa shape index (κ2) is 8.76. The number of rotatable bonds is 8. The number of amides is 2. The SMILES string of the molecule is C=CCNC(=O)NCCc1c[nH]c2cc(OCc3ccccc3)ccc12. The van der Waals surface area contributed by atoms with Crippen molar-refractivity contribution in [3.05, 3.63) is 78.5 Å². The molecule has 134 valence electrons. The van der Waals surface area contributed by atoms with Crippen LogP contribution in [-0.4, -0.2) is 24.1 Å². The predicted octanol–water partition coefficient (Wildman–Crippen LogP) is 3.77. The summed E-state index contributed by atoms with van der Waals surface area (Å²) < 4.78 is 5.87. The highest BCUT2D eigenvalue weighted by Crippen LogP contribution is 2.24. The monoisotopic (exact) mass is 349 g/mol. The lowest BCUT2D eigenvalue weighted by atomic mass is 10.1. The minimum atomic E-state index is -0.179. The minimum Gasteiger partial charge on any atom is -0.489 e. The quantitative estimate of drug-likeness (QED) is 0.542. The van der Waals surface area contributed by atoms with Crippen molar-refractivity contribution in [2.24, 2.45) is 0 Å². The van der Waals surface area contributed by atoms with Crippen LogP contribution in [0.1, 0.15) is 11.1 Å². The molecule has 0 unspecified atom stereocenters. The van der Waals surface area contributed by atoms with E-state index in [0.29, 0.717) is 19.7 Å². The first-order valence-electron chi connectivity index (χ1n) is 8.65. The summed E-state index contributed by atoms with van der Waals surface area (Å²) in [5.74, 6) is 0.830. The Labute approximate surface area is 153 Å². The van der Waals surface area contributed by atoms with Crippen molar-refractivity contribution in [1.29, 1.82) is 0 Å². The lowest BCUT2D eigenvalue weighted by Crippen LogP contribution is -2.36. The molecule has 0 atom stereocenters. The van der Waals surface area contributed by atoms with Crippen molar-refractivity contribution in [2.45, 2.75) is 13.0 Å². The summed E-state index contributed by atoms with van der Waals surface area (Å²) in [6, 6.07) is 16.0. The van der Waals surface area contributed by atoms with Crippen LogP contribution in [-0.2, 0) is 13.0 Å². The summed E-state index contributed by atoms with van der Waals surface area (Å²) in [5.41, 5.74) is 3.33. The van der Waals surface area contributed by atoms with Gasteiger partial charge >= 0.3 is 6.03 Å². The van der Waals surface area contributed by atoms with Gasteiger partial charge in [-0.2, -0.15) is 0 Å². The van der Waals surface area contributed by atoms with Gasteiger partial charge in [0.2, 0.25) is 0 Å². The van der Waals surface area contributed by atoms with Crippen LogP contribution in [0.15, 0.2) is 67.4 Å². The van der Waals surface area contributed by atoms with Crippen LogP contribution >= 0.6 is 0 Å². The van der Waals surface area contributed by atoms with E-state index in [4.69, 9.17) is 4.74 Å². The van der Waals surface area contributed by atoms with Crippen molar-refractivity contribution in [1.82, 2.24) is 15.6 Å². The number of benzene rings is 2. The van der Waals surface area contributed by atoms with Gasteiger partial charge in [0.15, 0.2) is 0 Å². The molecule has 0 saturated heterocycles. The molecule has 0 aliphatic heterocycles. The molecule has 5 heteroatoms. The number of carbonyl (C=O) groups excluding carboxylic acids is 1. The van der Waals surface area contributed by atoms with Crippen LogP contribution in [0.2, 0.25) is 0 Å². The molecule has 0 fully saturated rings. The molecule has 2 amide bonds. The number of urea groups is 1. The molecule has 0 radical (unpaired) electrons. The van der Waals surface area contributed by atoms with Gasteiger partial charge in [0.05, 0.1) is 0 Å². The Balaban J connectivity index is 1.56. The molecule has 5 nitrogen and oxygen atoms in total. The van der Waals surface area contributed by atoms with Crippen molar-refractivity contribution in [3.8, 4) is 5.75 Å². The molecule has 0 aliphatic rings. The molecule has 3 N–H and O–H groups in total. The molecular formula is C21H23N3O2. The van der Waals surface area contributed by atoms with E-state index >= 15 is 0 Å². The molecular weight excluding hydrogens is 326 g/mol. The largest absolute Gasteiger partial charge is 0.489 e. The average Bonchev–Trinajstić information content (AvgIpc) is 3.08. The molecule has 0 bridgehead atoms. The number of ether oxygens (including phenoxy) is 1. The Morgan fingerprint density at radius 2 is 2.00 bits per heavy atom. The Bertz CT molecular complexity index is 871. The van der Waals surface area contributed by atoms with Crippen molar-refractivity contribution in [3.63, 3.8) is 0 Å². The number of aromatic nitrogens is 1. The highest BCUT2D eigenvalue weighted by atomic mass is 16.5. The van der Waals surface area contributed by atoms with Crippen molar-refractivity contribution >= 4 is 16.9 Å². The normalized spacial score (nSPS) is 10.5. The fourth-order valence-corrected chi connectivity index (χ4v) is 2.74. The van der Waals surface area contributed by atoms with E-state index in [2.05, 4.69) is 28.3 Å². The summed E-state index contributed by atoms with van der Waals surface area (Å²) in [7, 11) is 0. The molecule has 3 aromatic rings. The van der Waals surface area contributed by atoms with E-state index in [9.17, 15) is 4.79 Å². The van der Waals surface area contributed by atoms with Gasteiger partial charge < -0.3 is 20.4 Å². The van der Waals surface area contributed by atoms with Gasteiger partial charge in [-0.05, 0) is 29.7 Å². The van der Waals surface area contributed by atoms with E-state index in [0.717, 1.165) is 28.6 Å². The smallest absolute Gasteiger partial charge is 0.315 e. The first-order chi connectivity index (χ1) is 12.8. The van der Waals surface area contributed by atoms with Gasteiger partial charge in [-0.15, -0.1) is 6.58 Å². The van der Waals surface area contributed by atoms with Gasteiger partial charge in [0.25, 0.3) is 0 Å². The Morgan fingerprint density at radius 1 is 1.15 bits per heavy atom. The van der Waals surface area contributed by atoms with Crippen LogP contribution in [0.4, 0.5) is 4.79 Å². The van der Waals surface area contributed by atoms with Crippen LogP contribution in [0.25, 0.3) is 10.9 Å². The summed E-state index contributed by atoms with van der Waals surface area (Å²) in [4.78, 5) is 14.8. The number of hydrogen-bond donors (Lipinski definition) is 3. The van der Waals surface area contributed by atoms with Crippen LogP contribution < -0.4 is 15.4 Å². The molecule has 3 rings (SSSR count). The number of fused-ring (bicyclic) bond motifs is 1. The third-order valence-corrected chi connectivity index (χ3v) is 4.07. The van der Waals surface area contributed by atoms with Gasteiger partial charge in [-0.1, -0.05) is 36.4 Å². The second-order valence-electron chi connectivity index (χ2n) is 5.97. The van der Waals surface area contributed by atoms with E-state index in [-0.39, 0.29) is 6.03 Å². The number of carbonyl (C=O) groups is 1. The van der Waals surface area contributed by atoms with E-state index in [1.54, 1.807) is 6.08 Å². The van der Waals surface area contributed by atoms with Crippen LogP contribution in [0, 0.1) is 0 Å². The third kappa shape index (κ3) is 4.66. The molecule has 2 aromatic carbocycles.